The number of non-ortho nitro benzene ring substituents is 1. The number of hydrogen-bond donors (Lipinski definition) is 2. The van der Waals surface area contributed by atoms with Crippen LogP contribution in [0.25, 0.3) is 0 Å². The molecule has 0 aromatic heterocycles. The Bertz CT molecular complexity index is 720. The van der Waals surface area contributed by atoms with Gasteiger partial charge in [-0.05, 0) is 34.1 Å². The van der Waals surface area contributed by atoms with Crippen molar-refractivity contribution in [3.8, 4) is 5.75 Å². The van der Waals surface area contributed by atoms with Crippen molar-refractivity contribution in [1.82, 2.24) is 0 Å². The number of urea groups is 1. The maximum atomic E-state index is 11.7. The molecule has 0 unspecified atom stereocenters. The summed E-state index contributed by atoms with van der Waals surface area (Å²) in [6, 6.07) is 9.34. The third kappa shape index (κ3) is 2.95. The number of nitrogens with zero attached hydrogens (tertiary/aromatic N) is 2. The number of nitro benzene ring substituents is 1. The van der Waals surface area contributed by atoms with E-state index in [2.05, 4.69) is 15.9 Å². The minimum absolute atomic E-state index is 0.0556. The van der Waals surface area contributed by atoms with Crippen LogP contribution < -0.4 is 10.6 Å². The van der Waals surface area contributed by atoms with Crippen LogP contribution in [0.2, 0.25) is 0 Å². The number of phenols is 1. The highest BCUT2D eigenvalue weighted by molar-refractivity contribution is 9.10. The second kappa shape index (κ2) is 5.80. The van der Waals surface area contributed by atoms with Crippen molar-refractivity contribution in [2.75, 3.05) is 4.90 Å². The van der Waals surface area contributed by atoms with Gasteiger partial charge in [0.2, 0.25) is 0 Å². The fraction of sp³-hybridized carbons (Fsp3) is 0. The number of halogens is 1. The lowest BCUT2D eigenvalue weighted by Gasteiger charge is -2.22. The van der Waals surface area contributed by atoms with Gasteiger partial charge in [-0.2, -0.15) is 0 Å². The number of primary amides is 1. The van der Waals surface area contributed by atoms with Crippen molar-refractivity contribution in [3.05, 3.63) is 57.1 Å². The van der Waals surface area contributed by atoms with E-state index in [0.29, 0.717) is 10.2 Å². The highest BCUT2D eigenvalue weighted by Crippen LogP contribution is 2.38. The maximum absolute atomic E-state index is 11.7. The Balaban J connectivity index is 2.57. The zero-order chi connectivity index (χ0) is 15.6. The van der Waals surface area contributed by atoms with Gasteiger partial charge < -0.3 is 10.8 Å². The predicted molar refractivity (Wildman–Crippen MR) is 80.6 cm³/mol. The monoisotopic (exact) mass is 351 g/mol. The summed E-state index contributed by atoms with van der Waals surface area (Å²) in [6.07, 6.45) is 0. The summed E-state index contributed by atoms with van der Waals surface area (Å²) >= 11 is 3.29. The Labute approximate surface area is 127 Å². The molecule has 8 heteroatoms. The van der Waals surface area contributed by atoms with Crippen molar-refractivity contribution in [3.63, 3.8) is 0 Å². The normalized spacial score (nSPS) is 10.1. The minimum Gasteiger partial charge on any atom is -0.505 e. The second-order valence-electron chi connectivity index (χ2n) is 4.06. The van der Waals surface area contributed by atoms with Gasteiger partial charge in [-0.3, -0.25) is 15.0 Å². The molecule has 3 N–H and O–H groups in total. The number of para-hydroxylation sites is 1. The first-order valence-corrected chi connectivity index (χ1v) is 6.52. The molecule has 0 fully saturated rings. The third-order valence-corrected chi connectivity index (χ3v) is 3.40. The number of hydrogen-bond acceptors (Lipinski definition) is 4. The molecule has 0 aliphatic heterocycles. The number of amides is 2. The minimum atomic E-state index is -0.828. The molecule has 0 saturated heterocycles. The molecule has 0 atom stereocenters. The van der Waals surface area contributed by atoms with E-state index in [1.807, 2.05) is 0 Å². The molecule has 2 rings (SSSR count). The summed E-state index contributed by atoms with van der Waals surface area (Å²) in [7, 11) is 0. The molecule has 0 aliphatic rings. The molecule has 0 bridgehead atoms. The van der Waals surface area contributed by atoms with Gasteiger partial charge in [-0.25, -0.2) is 4.79 Å². The van der Waals surface area contributed by atoms with Crippen LogP contribution in [-0.2, 0) is 0 Å². The van der Waals surface area contributed by atoms with Gasteiger partial charge in [0.25, 0.3) is 5.69 Å². The Morgan fingerprint density at radius 1 is 1.24 bits per heavy atom. The number of carbonyl (C=O) groups excluding carboxylic acids is 1. The molecule has 0 spiro atoms. The molecule has 2 aromatic rings. The first-order chi connectivity index (χ1) is 9.91. The lowest BCUT2D eigenvalue weighted by atomic mass is 10.2. The topological polar surface area (TPSA) is 110 Å². The average Bonchev–Trinajstić information content (AvgIpc) is 2.42. The van der Waals surface area contributed by atoms with E-state index in [0.717, 1.165) is 11.0 Å². The summed E-state index contributed by atoms with van der Waals surface area (Å²) in [4.78, 5) is 22.8. The highest BCUT2D eigenvalue weighted by atomic mass is 79.9. The quantitative estimate of drug-likeness (QED) is 0.652. The molecular formula is C13H10BrN3O4. The number of aromatic hydroxyl groups is 1. The van der Waals surface area contributed by atoms with Crippen molar-refractivity contribution >= 4 is 39.0 Å². The zero-order valence-corrected chi connectivity index (χ0v) is 12.1. The van der Waals surface area contributed by atoms with Crippen LogP contribution in [0.4, 0.5) is 21.9 Å². The summed E-state index contributed by atoms with van der Waals surface area (Å²) in [6.45, 7) is 0. The number of anilines is 2. The van der Waals surface area contributed by atoms with E-state index in [1.165, 1.54) is 12.1 Å². The fourth-order valence-corrected chi connectivity index (χ4v) is 2.28. The Morgan fingerprint density at radius 2 is 1.90 bits per heavy atom. The van der Waals surface area contributed by atoms with Gasteiger partial charge in [-0.1, -0.05) is 12.1 Å². The fourth-order valence-electron chi connectivity index (χ4n) is 1.81. The maximum Gasteiger partial charge on any atom is 0.324 e. The van der Waals surface area contributed by atoms with E-state index in [4.69, 9.17) is 5.73 Å². The smallest absolute Gasteiger partial charge is 0.324 e. The van der Waals surface area contributed by atoms with E-state index >= 15 is 0 Å². The van der Waals surface area contributed by atoms with Gasteiger partial charge in [0.05, 0.1) is 22.4 Å². The average molecular weight is 352 g/mol. The SMILES string of the molecule is NC(=O)N(c1ccc([N+](=O)[O-])cc1O)c1ccccc1Br. The van der Waals surface area contributed by atoms with E-state index in [1.54, 1.807) is 24.3 Å². The summed E-state index contributed by atoms with van der Waals surface area (Å²) in [5.74, 6) is -0.418. The number of benzene rings is 2. The number of carbonyl (C=O) groups is 1. The first-order valence-electron chi connectivity index (χ1n) is 5.73. The molecule has 0 radical (unpaired) electrons. The number of nitrogens with two attached hydrogens (primary N) is 1. The molecule has 0 aliphatic carbocycles. The van der Waals surface area contributed by atoms with Crippen molar-refractivity contribution in [2.24, 2.45) is 5.73 Å². The standard InChI is InChI=1S/C13H10BrN3O4/c14-9-3-1-2-4-10(9)16(13(15)19)11-6-5-8(17(20)21)7-12(11)18/h1-7,18H,(H2,15,19). The molecule has 0 heterocycles. The van der Waals surface area contributed by atoms with Gasteiger partial charge in [-0.15, -0.1) is 0 Å². The predicted octanol–water partition coefficient (Wildman–Crippen LogP) is 3.28. The van der Waals surface area contributed by atoms with Crippen LogP contribution in [0.3, 0.4) is 0 Å². The zero-order valence-electron chi connectivity index (χ0n) is 10.6. The second-order valence-corrected chi connectivity index (χ2v) is 4.91. The van der Waals surface area contributed by atoms with Crippen LogP contribution >= 0.6 is 15.9 Å². The molecule has 2 amide bonds. The van der Waals surface area contributed by atoms with Gasteiger partial charge in [0, 0.05) is 10.5 Å². The summed E-state index contributed by atoms with van der Waals surface area (Å²) in [5.41, 5.74) is 5.54. The Morgan fingerprint density at radius 3 is 2.43 bits per heavy atom. The number of rotatable bonds is 3. The van der Waals surface area contributed by atoms with Crippen molar-refractivity contribution in [1.29, 1.82) is 0 Å². The van der Waals surface area contributed by atoms with Gasteiger partial charge >= 0.3 is 6.03 Å². The largest absolute Gasteiger partial charge is 0.505 e. The lowest BCUT2D eigenvalue weighted by Crippen LogP contribution is -2.31. The molecule has 7 nitrogen and oxygen atoms in total. The highest BCUT2D eigenvalue weighted by Gasteiger charge is 2.22. The van der Waals surface area contributed by atoms with Crippen LogP contribution in [0.1, 0.15) is 0 Å². The van der Waals surface area contributed by atoms with Gasteiger partial charge in [0.15, 0.2) is 0 Å². The first kappa shape index (κ1) is 14.8. The molecule has 0 saturated carbocycles. The Hall–Kier alpha value is -2.61. The van der Waals surface area contributed by atoms with E-state index < -0.39 is 16.7 Å². The van der Waals surface area contributed by atoms with Crippen molar-refractivity contribution in [2.45, 2.75) is 0 Å². The van der Waals surface area contributed by atoms with E-state index in [-0.39, 0.29) is 11.4 Å². The van der Waals surface area contributed by atoms with E-state index in [9.17, 15) is 20.0 Å². The third-order valence-electron chi connectivity index (χ3n) is 2.72. The molecule has 2 aromatic carbocycles. The van der Waals surface area contributed by atoms with Crippen LogP contribution in [0.5, 0.6) is 5.75 Å². The molecule has 108 valence electrons. The van der Waals surface area contributed by atoms with Crippen molar-refractivity contribution < 1.29 is 14.8 Å². The van der Waals surface area contributed by atoms with Crippen LogP contribution in [-0.4, -0.2) is 16.1 Å². The Kier molecular flexibility index (Phi) is 4.08. The van der Waals surface area contributed by atoms with Crippen LogP contribution in [0, 0.1) is 10.1 Å². The summed E-state index contributed by atoms with van der Waals surface area (Å²) in [5, 5.41) is 20.6. The lowest BCUT2D eigenvalue weighted by molar-refractivity contribution is -0.384. The number of phenolic OH excluding ortho intramolecular Hbond substituents is 1. The number of nitro groups is 1. The summed E-state index contributed by atoms with van der Waals surface area (Å²) < 4.78 is 0.585. The van der Waals surface area contributed by atoms with Crippen LogP contribution in [0.15, 0.2) is 46.9 Å². The van der Waals surface area contributed by atoms with Gasteiger partial charge in [0.1, 0.15) is 5.75 Å². The molecular weight excluding hydrogens is 342 g/mol. The molecule has 21 heavy (non-hydrogen) atoms.